The van der Waals surface area contributed by atoms with Gasteiger partial charge in [-0.05, 0) is 44.0 Å². The van der Waals surface area contributed by atoms with Crippen molar-refractivity contribution >= 4 is 15.9 Å². The zero-order valence-electron chi connectivity index (χ0n) is 8.34. The van der Waals surface area contributed by atoms with Crippen molar-refractivity contribution in [2.24, 2.45) is 0 Å². The van der Waals surface area contributed by atoms with Crippen molar-refractivity contribution in [2.45, 2.75) is 20.3 Å². The van der Waals surface area contributed by atoms with Gasteiger partial charge in [-0.3, -0.25) is 0 Å². The molecule has 0 saturated carbocycles. The molecule has 0 aliphatic carbocycles. The van der Waals surface area contributed by atoms with Crippen LogP contribution in [0.5, 0.6) is 0 Å². The minimum atomic E-state index is 0.713. The van der Waals surface area contributed by atoms with Crippen LogP contribution in [0, 0.1) is 11.3 Å². The van der Waals surface area contributed by atoms with Gasteiger partial charge in [0.2, 0.25) is 0 Å². The lowest BCUT2D eigenvalue weighted by molar-refractivity contribution is 1.20. The average Bonchev–Trinajstić information content (AvgIpc) is 2.16. The average molecular weight is 250 g/mol. The Hall–Kier alpha value is -1.07. The Bertz CT molecular complexity index is 395. The van der Waals surface area contributed by atoms with Gasteiger partial charge in [0.05, 0.1) is 11.6 Å². The first-order valence-corrected chi connectivity index (χ1v) is 5.24. The van der Waals surface area contributed by atoms with E-state index in [0.29, 0.717) is 5.56 Å². The molecule has 72 valence electrons. The summed E-state index contributed by atoms with van der Waals surface area (Å²) in [6.07, 6.45) is 3.03. The predicted octanol–water partition coefficient (Wildman–Crippen LogP) is 3.83. The first-order valence-electron chi connectivity index (χ1n) is 4.45. The number of allylic oxidation sites excluding steroid dienone is 2. The van der Waals surface area contributed by atoms with Crippen LogP contribution < -0.4 is 0 Å². The van der Waals surface area contributed by atoms with Crippen molar-refractivity contribution in [3.63, 3.8) is 0 Å². The third kappa shape index (κ3) is 3.01. The third-order valence-corrected chi connectivity index (χ3v) is 2.68. The van der Waals surface area contributed by atoms with Gasteiger partial charge in [-0.2, -0.15) is 5.26 Å². The molecule has 1 rings (SSSR count). The van der Waals surface area contributed by atoms with Crippen LogP contribution in [0.15, 0.2) is 34.3 Å². The second-order valence-corrected chi connectivity index (χ2v) is 4.26. The smallest absolute Gasteiger partial charge is 0.0991 e. The van der Waals surface area contributed by atoms with Crippen molar-refractivity contribution < 1.29 is 0 Å². The molecule has 1 aromatic carbocycles. The molecule has 0 unspecified atom stereocenters. The molecule has 0 amide bonds. The monoisotopic (exact) mass is 249 g/mol. The fraction of sp³-hybridized carbons (Fsp3) is 0.250. The van der Waals surface area contributed by atoms with Gasteiger partial charge in [-0.25, -0.2) is 0 Å². The van der Waals surface area contributed by atoms with Gasteiger partial charge in [-0.1, -0.05) is 27.6 Å². The lowest BCUT2D eigenvalue weighted by atomic mass is 10.1. The van der Waals surface area contributed by atoms with Gasteiger partial charge in [-0.15, -0.1) is 0 Å². The van der Waals surface area contributed by atoms with E-state index in [2.05, 4.69) is 41.9 Å². The molecule has 14 heavy (non-hydrogen) atoms. The number of nitrogens with zero attached hydrogens (tertiary/aromatic N) is 1. The summed E-state index contributed by atoms with van der Waals surface area (Å²) in [6.45, 7) is 4.14. The first kappa shape index (κ1) is 11.0. The molecule has 1 aromatic rings. The molecule has 0 aliphatic rings. The van der Waals surface area contributed by atoms with Crippen molar-refractivity contribution in [1.29, 1.82) is 5.26 Å². The molecule has 0 radical (unpaired) electrons. The van der Waals surface area contributed by atoms with E-state index in [1.54, 1.807) is 0 Å². The van der Waals surface area contributed by atoms with Crippen molar-refractivity contribution in [2.75, 3.05) is 0 Å². The van der Waals surface area contributed by atoms with Crippen LogP contribution in [-0.2, 0) is 6.42 Å². The van der Waals surface area contributed by atoms with Gasteiger partial charge < -0.3 is 0 Å². The maximum Gasteiger partial charge on any atom is 0.0991 e. The van der Waals surface area contributed by atoms with Gasteiger partial charge in [0.1, 0.15) is 0 Å². The third-order valence-electron chi connectivity index (χ3n) is 1.91. The summed E-state index contributed by atoms with van der Waals surface area (Å²) in [5.41, 5.74) is 3.16. The van der Waals surface area contributed by atoms with Crippen molar-refractivity contribution in [3.8, 4) is 6.07 Å². The van der Waals surface area contributed by atoms with E-state index >= 15 is 0 Å². The highest BCUT2D eigenvalue weighted by atomic mass is 79.9. The zero-order chi connectivity index (χ0) is 10.6. The van der Waals surface area contributed by atoms with Gasteiger partial charge in [0.15, 0.2) is 0 Å². The van der Waals surface area contributed by atoms with Crippen LogP contribution in [-0.4, -0.2) is 0 Å². The second kappa shape index (κ2) is 4.97. The highest BCUT2D eigenvalue weighted by Gasteiger charge is 1.99. The fourth-order valence-electron chi connectivity index (χ4n) is 1.11. The van der Waals surface area contributed by atoms with Crippen molar-refractivity contribution in [1.82, 2.24) is 0 Å². The van der Waals surface area contributed by atoms with E-state index in [0.717, 1.165) is 16.5 Å². The Labute approximate surface area is 93.2 Å². The maximum atomic E-state index is 8.75. The standard InChI is InChI=1S/C12H12BrN/c1-9(2)3-5-11-7-10(8-14)4-6-12(11)13/h3-4,6-7H,5H2,1-2H3. The van der Waals surface area contributed by atoms with E-state index in [1.807, 2.05) is 18.2 Å². The molecule has 0 atom stereocenters. The van der Waals surface area contributed by atoms with Crippen molar-refractivity contribution in [3.05, 3.63) is 45.4 Å². The molecule has 0 bridgehead atoms. The molecule has 0 saturated heterocycles. The number of hydrogen-bond acceptors (Lipinski definition) is 1. The van der Waals surface area contributed by atoms with Crippen LogP contribution in [0.3, 0.4) is 0 Å². The molecular weight excluding hydrogens is 238 g/mol. The Morgan fingerprint density at radius 3 is 2.79 bits per heavy atom. The maximum absolute atomic E-state index is 8.75. The number of halogens is 1. The number of rotatable bonds is 2. The minimum absolute atomic E-state index is 0.713. The summed E-state index contributed by atoms with van der Waals surface area (Å²) in [6, 6.07) is 7.80. The zero-order valence-corrected chi connectivity index (χ0v) is 9.93. The topological polar surface area (TPSA) is 23.8 Å². The molecule has 0 N–H and O–H groups in total. The molecule has 2 heteroatoms. The highest BCUT2D eigenvalue weighted by molar-refractivity contribution is 9.10. The van der Waals surface area contributed by atoms with E-state index in [4.69, 9.17) is 5.26 Å². The second-order valence-electron chi connectivity index (χ2n) is 3.40. The van der Waals surface area contributed by atoms with E-state index in [1.165, 1.54) is 5.57 Å². The van der Waals surface area contributed by atoms with Crippen LogP contribution >= 0.6 is 15.9 Å². The minimum Gasteiger partial charge on any atom is -0.192 e. The Morgan fingerprint density at radius 1 is 1.50 bits per heavy atom. The lowest BCUT2D eigenvalue weighted by Gasteiger charge is -2.01. The summed E-state index contributed by atoms with van der Waals surface area (Å²) >= 11 is 3.47. The molecule has 0 spiro atoms. The van der Waals surface area contributed by atoms with E-state index < -0.39 is 0 Å². The largest absolute Gasteiger partial charge is 0.192 e. The summed E-state index contributed by atoms with van der Waals surface area (Å²) in [4.78, 5) is 0. The lowest BCUT2D eigenvalue weighted by Crippen LogP contribution is -1.86. The van der Waals surface area contributed by atoms with Gasteiger partial charge in [0.25, 0.3) is 0 Å². The Balaban J connectivity index is 2.96. The number of benzene rings is 1. The molecule has 0 aromatic heterocycles. The SMILES string of the molecule is CC(C)=CCc1cc(C#N)ccc1Br. The first-order chi connectivity index (χ1) is 6.63. The molecule has 1 nitrogen and oxygen atoms in total. The number of nitriles is 1. The van der Waals surface area contributed by atoms with Gasteiger partial charge in [0, 0.05) is 4.47 Å². The normalized spacial score (nSPS) is 9.29. The van der Waals surface area contributed by atoms with Crippen LogP contribution in [0.2, 0.25) is 0 Å². The van der Waals surface area contributed by atoms with E-state index in [-0.39, 0.29) is 0 Å². The van der Waals surface area contributed by atoms with Crippen LogP contribution in [0.25, 0.3) is 0 Å². The predicted molar refractivity (Wildman–Crippen MR) is 62.0 cm³/mol. The molecule has 0 fully saturated rings. The Morgan fingerprint density at radius 2 is 2.21 bits per heavy atom. The van der Waals surface area contributed by atoms with Crippen LogP contribution in [0.4, 0.5) is 0 Å². The summed E-state index contributed by atoms with van der Waals surface area (Å²) < 4.78 is 1.06. The molecular formula is C12H12BrN. The fourth-order valence-corrected chi connectivity index (χ4v) is 1.52. The van der Waals surface area contributed by atoms with Gasteiger partial charge >= 0.3 is 0 Å². The van der Waals surface area contributed by atoms with E-state index in [9.17, 15) is 0 Å². The van der Waals surface area contributed by atoms with Crippen LogP contribution in [0.1, 0.15) is 25.0 Å². The quantitative estimate of drug-likeness (QED) is 0.732. The molecule has 0 heterocycles. The Kier molecular flexibility index (Phi) is 3.91. The highest BCUT2D eigenvalue weighted by Crippen LogP contribution is 2.19. The summed E-state index contributed by atoms with van der Waals surface area (Å²) in [5, 5.41) is 8.75. The molecule has 0 aliphatic heterocycles. The summed E-state index contributed by atoms with van der Waals surface area (Å²) in [5.74, 6) is 0. The summed E-state index contributed by atoms with van der Waals surface area (Å²) in [7, 11) is 0. The number of hydrogen-bond donors (Lipinski definition) is 0.